The second-order valence-corrected chi connectivity index (χ2v) is 4.87. The first-order valence-corrected chi connectivity index (χ1v) is 7.06. The lowest BCUT2D eigenvalue weighted by molar-refractivity contribution is 0.614. The summed E-state index contributed by atoms with van der Waals surface area (Å²) in [4.78, 5) is 4.38. The van der Waals surface area contributed by atoms with E-state index >= 15 is 0 Å². The number of rotatable bonds is 5. The van der Waals surface area contributed by atoms with Gasteiger partial charge in [0.25, 0.3) is 0 Å². The van der Waals surface area contributed by atoms with Crippen LogP contribution in [-0.4, -0.2) is 9.55 Å². The van der Waals surface area contributed by atoms with Crippen molar-refractivity contribution in [3.8, 4) is 0 Å². The number of fused-ring (bicyclic) bond motifs is 1. The molecular formula is C17H19N3. The molecule has 0 aliphatic heterocycles. The summed E-state index contributed by atoms with van der Waals surface area (Å²) in [5.74, 6) is 1.09. The van der Waals surface area contributed by atoms with Crippen LogP contribution in [0.4, 0.5) is 0 Å². The van der Waals surface area contributed by atoms with Crippen LogP contribution in [0.15, 0.2) is 54.9 Å². The molecule has 1 aromatic heterocycles. The van der Waals surface area contributed by atoms with E-state index in [4.69, 9.17) is 0 Å². The van der Waals surface area contributed by atoms with Gasteiger partial charge in [-0.2, -0.15) is 0 Å². The highest BCUT2D eigenvalue weighted by atomic mass is 15.1. The highest BCUT2D eigenvalue weighted by Crippen LogP contribution is 2.18. The number of nitrogens with zero attached hydrogens (tertiary/aromatic N) is 2. The smallest absolute Gasteiger partial charge is 0.122 e. The summed E-state index contributed by atoms with van der Waals surface area (Å²) in [5.41, 5.74) is 1.33. The molecule has 2 aromatic carbocycles. The monoisotopic (exact) mass is 265 g/mol. The van der Waals surface area contributed by atoms with E-state index in [0.29, 0.717) is 0 Å². The van der Waals surface area contributed by atoms with Crippen LogP contribution in [0.2, 0.25) is 0 Å². The lowest BCUT2D eigenvalue weighted by atomic mass is 10.0. The molecule has 0 aliphatic rings. The van der Waals surface area contributed by atoms with Gasteiger partial charge in [-0.1, -0.05) is 42.5 Å². The van der Waals surface area contributed by atoms with Crippen LogP contribution >= 0.6 is 0 Å². The van der Waals surface area contributed by atoms with Gasteiger partial charge in [0, 0.05) is 25.5 Å². The Kier molecular flexibility index (Phi) is 3.79. The zero-order valence-corrected chi connectivity index (χ0v) is 11.7. The van der Waals surface area contributed by atoms with Crippen LogP contribution in [0.3, 0.4) is 0 Å². The van der Waals surface area contributed by atoms with E-state index in [1.165, 1.54) is 16.3 Å². The average molecular weight is 265 g/mol. The van der Waals surface area contributed by atoms with E-state index in [1.807, 2.05) is 12.4 Å². The molecule has 0 fully saturated rings. The third-order valence-electron chi connectivity index (χ3n) is 3.62. The summed E-state index contributed by atoms with van der Waals surface area (Å²) in [6, 6.07) is 15.0. The summed E-state index contributed by atoms with van der Waals surface area (Å²) in [6.07, 6.45) is 3.88. The molecular weight excluding hydrogens is 246 g/mol. The van der Waals surface area contributed by atoms with E-state index in [2.05, 4.69) is 64.3 Å². The fourth-order valence-corrected chi connectivity index (χ4v) is 2.55. The first-order valence-electron chi connectivity index (χ1n) is 7.06. The van der Waals surface area contributed by atoms with Gasteiger partial charge in [-0.3, -0.25) is 0 Å². The molecule has 3 nitrogen and oxygen atoms in total. The Hall–Kier alpha value is -2.13. The highest BCUT2D eigenvalue weighted by Gasteiger charge is 2.02. The number of imidazole rings is 1. The minimum Gasteiger partial charge on any atom is -0.334 e. The van der Waals surface area contributed by atoms with Gasteiger partial charge in [0.15, 0.2) is 0 Å². The predicted molar refractivity (Wildman–Crippen MR) is 82.4 cm³/mol. The zero-order chi connectivity index (χ0) is 13.8. The van der Waals surface area contributed by atoms with Crippen molar-refractivity contribution in [2.75, 3.05) is 0 Å². The largest absolute Gasteiger partial charge is 0.334 e. The molecule has 1 heterocycles. The molecule has 20 heavy (non-hydrogen) atoms. The van der Waals surface area contributed by atoms with Gasteiger partial charge in [0.05, 0.1) is 6.54 Å². The third-order valence-corrected chi connectivity index (χ3v) is 3.62. The topological polar surface area (TPSA) is 29.9 Å². The predicted octanol–water partition coefficient (Wildman–Crippen LogP) is 3.35. The van der Waals surface area contributed by atoms with Gasteiger partial charge in [-0.15, -0.1) is 0 Å². The highest BCUT2D eigenvalue weighted by molar-refractivity contribution is 5.85. The molecule has 3 aromatic rings. The molecule has 0 aliphatic carbocycles. The molecule has 0 saturated carbocycles. The number of benzene rings is 2. The molecule has 0 unspecified atom stereocenters. The van der Waals surface area contributed by atoms with Crippen molar-refractivity contribution in [2.45, 2.75) is 26.6 Å². The van der Waals surface area contributed by atoms with E-state index in [9.17, 15) is 0 Å². The second-order valence-electron chi connectivity index (χ2n) is 4.87. The molecule has 0 amide bonds. The van der Waals surface area contributed by atoms with Crippen LogP contribution < -0.4 is 5.32 Å². The molecule has 0 spiro atoms. The minimum atomic E-state index is 0.796. The molecule has 0 bridgehead atoms. The molecule has 0 saturated heterocycles. The van der Waals surface area contributed by atoms with Gasteiger partial charge in [-0.05, 0) is 23.3 Å². The van der Waals surface area contributed by atoms with E-state index < -0.39 is 0 Å². The Labute approximate surface area is 119 Å². The first-order chi connectivity index (χ1) is 9.88. The summed E-state index contributed by atoms with van der Waals surface area (Å²) in [6.45, 7) is 4.75. The van der Waals surface area contributed by atoms with Crippen LogP contribution in [0.5, 0.6) is 0 Å². The normalized spacial score (nSPS) is 11.1. The van der Waals surface area contributed by atoms with Crippen LogP contribution in [0, 0.1) is 0 Å². The Morgan fingerprint density at radius 2 is 1.90 bits per heavy atom. The maximum absolute atomic E-state index is 4.38. The molecule has 0 radical (unpaired) electrons. The molecule has 0 atom stereocenters. The Balaban J connectivity index is 1.71. The number of aromatic nitrogens is 2. The third kappa shape index (κ3) is 2.58. The van der Waals surface area contributed by atoms with Gasteiger partial charge in [0.2, 0.25) is 0 Å². The first kappa shape index (κ1) is 12.9. The summed E-state index contributed by atoms with van der Waals surface area (Å²) in [7, 11) is 0. The van der Waals surface area contributed by atoms with Gasteiger partial charge in [-0.25, -0.2) is 4.98 Å². The van der Waals surface area contributed by atoms with Crippen molar-refractivity contribution in [3.63, 3.8) is 0 Å². The summed E-state index contributed by atoms with van der Waals surface area (Å²) >= 11 is 0. The quantitative estimate of drug-likeness (QED) is 0.766. The van der Waals surface area contributed by atoms with Crippen molar-refractivity contribution in [2.24, 2.45) is 0 Å². The Morgan fingerprint density at radius 1 is 1.05 bits per heavy atom. The maximum Gasteiger partial charge on any atom is 0.122 e. The fraction of sp³-hybridized carbons (Fsp3) is 0.235. The Morgan fingerprint density at radius 3 is 2.80 bits per heavy atom. The van der Waals surface area contributed by atoms with Crippen molar-refractivity contribution >= 4 is 10.8 Å². The number of aryl methyl sites for hydroxylation is 1. The Bertz CT molecular complexity index is 695. The SMILES string of the molecule is CCn1ccnc1CNCc1cccc2ccccc12. The van der Waals surface area contributed by atoms with Crippen molar-refractivity contribution in [1.82, 2.24) is 14.9 Å². The summed E-state index contributed by atoms with van der Waals surface area (Å²) in [5, 5.41) is 6.10. The van der Waals surface area contributed by atoms with Crippen LogP contribution in [-0.2, 0) is 19.6 Å². The number of hydrogen-bond donors (Lipinski definition) is 1. The van der Waals surface area contributed by atoms with Gasteiger partial charge >= 0.3 is 0 Å². The van der Waals surface area contributed by atoms with Crippen LogP contribution in [0.25, 0.3) is 10.8 Å². The van der Waals surface area contributed by atoms with E-state index in [1.54, 1.807) is 0 Å². The molecule has 1 N–H and O–H groups in total. The maximum atomic E-state index is 4.38. The van der Waals surface area contributed by atoms with Crippen molar-refractivity contribution < 1.29 is 0 Å². The molecule has 3 rings (SSSR count). The van der Waals surface area contributed by atoms with Crippen molar-refractivity contribution in [1.29, 1.82) is 0 Å². The fourth-order valence-electron chi connectivity index (χ4n) is 2.55. The minimum absolute atomic E-state index is 0.796. The second kappa shape index (κ2) is 5.88. The van der Waals surface area contributed by atoms with E-state index in [0.717, 1.165) is 25.5 Å². The molecule has 102 valence electrons. The van der Waals surface area contributed by atoms with Crippen LogP contribution in [0.1, 0.15) is 18.3 Å². The van der Waals surface area contributed by atoms with E-state index in [-0.39, 0.29) is 0 Å². The average Bonchev–Trinajstić information content (AvgIpc) is 2.95. The lowest BCUT2D eigenvalue weighted by Crippen LogP contribution is -2.16. The standard InChI is InChI=1S/C17H19N3/c1-2-20-11-10-19-17(20)13-18-12-15-8-5-7-14-6-3-4-9-16(14)15/h3-11,18H,2,12-13H2,1H3. The number of nitrogens with one attached hydrogen (secondary N) is 1. The summed E-state index contributed by atoms with van der Waals surface area (Å²) < 4.78 is 2.16. The van der Waals surface area contributed by atoms with Gasteiger partial charge in [0.1, 0.15) is 5.82 Å². The number of hydrogen-bond acceptors (Lipinski definition) is 2. The lowest BCUT2D eigenvalue weighted by Gasteiger charge is -2.09. The van der Waals surface area contributed by atoms with Gasteiger partial charge < -0.3 is 9.88 Å². The molecule has 3 heteroatoms. The zero-order valence-electron chi connectivity index (χ0n) is 11.7. The van der Waals surface area contributed by atoms with Crippen molar-refractivity contribution in [3.05, 3.63) is 66.2 Å².